The van der Waals surface area contributed by atoms with Crippen LogP contribution in [0.1, 0.15) is 38.0 Å². The SMILES string of the molecule is CC1(C)CCC=C(c2cc(-c3c(F)cc(F)c4ccn(COCC[Si](C)(C)C)c34)cs2)C1. The Kier molecular flexibility index (Phi) is 6.49. The van der Waals surface area contributed by atoms with E-state index in [0.29, 0.717) is 29.8 Å². The summed E-state index contributed by atoms with van der Waals surface area (Å²) in [7, 11) is -1.20. The number of ether oxygens (including phenoxy) is 1. The van der Waals surface area contributed by atoms with Crippen LogP contribution in [0.4, 0.5) is 8.78 Å². The topological polar surface area (TPSA) is 14.2 Å². The van der Waals surface area contributed by atoms with E-state index in [1.54, 1.807) is 23.6 Å². The smallest absolute Gasteiger partial charge is 0.136 e. The molecule has 0 atom stereocenters. The minimum atomic E-state index is -1.20. The van der Waals surface area contributed by atoms with E-state index in [4.69, 9.17) is 4.74 Å². The molecule has 4 rings (SSSR count). The van der Waals surface area contributed by atoms with E-state index in [-0.39, 0.29) is 5.41 Å². The second-order valence-electron chi connectivity index (χ2n) is 10.9. The Labute approximate surface area is 194 Å². The summed E-state index contributed by atoms with van der Waals surface area (Å²) in [5, 5.41) is 2.43. The Morgan fingerprint density at radius 1 is 1.16 bits per heavy atom. The minimum Gasteiger partial charge on any atom is -0.361 e. The summed E-state index contributed by atoms with van der Waals surface area (Å²) in [4.78, 5) is 1.18. The lowest BCUT2D eigenvalue weighted by atomic mass is 9.77. The number of allylic oxidation sites excluding steroid dienone is 2. The Bertz CT molecular complexity index is 1150. The maximum absolute atomic E-state index is 15.1. The van der Waals surface area contributed by atoms with Crippen LogP contribution in [0.3, 0.4) is 0 Å². The van der Waals surface area contributed by atoms with Gasteiger partial charge in [-0.1, -0.05) is 39.6 Å². The van der Waals surface area contributed by atoms with E-state index in [1.807, 2.05) is 9.95 Å². The van der Waals surface area contributed by atoms with Gasteiger partial charge in [-0.15, -0.1) is 11.3 Å². The average molecular weight is 474 g/mol. The molecule has 0 spiro atoms. The van der Waals surface area contributed by atoms with E-state index in [1.165, 1.54) is 16.9 Å². The number of fused-ring (bicyclic) bond motifs is 1. The molecule has 1 aromatic carbocycles. The van der Waals surface area contributed by atoms with Crippen molar-refractivity contribution in [1.29, 1.82) is 0 Å². The van der Waals surface area contributed by atoms with Gasteiger partial charge in [-0.2, -0.15) is 0 Å². The van der Waals surface area contributed by atoms with E-state index in [0.717, 1.165) is 30.5 Å². The summed E-state index contributed by atoms with van der Waals surface area (Å²) in [5.74, 6) is -1.06. The van der Waals surface area contributed by atoms with Crippen molar-refractivity contribution in [1.82, 2.24) is 4.57 Å². The normalized spacial score (nSPS) is 16.5. The molecule has 2 aromatic heterocycles. The van der Waals surface area contributed by atoms with Gasteiger partial charge in [0.25, 0.3) is 0 Å². The standard InChI is InChI=1S/C26H33F2NOSSi/c1-26(2)9-6-7-18(15-26)23-13-19(16-31-23)24-22(28)14-21(27)20-8-10-29(25(20)24)17-30-11-12-32(3,4)5/h7-8,10,13-14,16H,6,9,11-12,15,17H2,1-5H3. The first-order valence-electron chi connectivity index (χ1n) is 11.4. The van der Waals surface area contributed by atoms with Gasteiger partial charge in [0.05, 0.1) is 5.52 Å². The van der Waals surface area contributed by atoms with Crippen molar-refractivity contribution in [3.8, 4) is 11.1 Å². The highest BCUT2D eigenvalue weighted by Gasteiger charge is 2.25. The number of halogens is 2. The predicted molar refractivity (Wildman–Crippen MR) is 135 cm³/mol. The number of hydrogen-bond donors (Lipinski definition) is 0. The van der Waals surface area contributed by atoms with Crippen LogP contribution in [-0.2, 0) is 11.5 Å². The molecule has 0 amide bonds. The van der Waals surface area contributed by atoms with E-state index < -0.39 is 19.7 Å². The molecule has 6 heteroatoms. The first-order chi connectivity index (χ1) is 15.0. The fourth-order valence-corrected chi connectivity index (χ4v) is 6.08. The first kappa shape index (κ1) is 23.4. The maximum Gasteiger partial charge on any atom is 0.136 e. The molecule has 0 N–H and O–H groups in total. The van der Waals surface area contributed by atoms with Crippen LogP contribution >= 0.6 is 11.3 Å². The monoisotopic (exact) mass is 473 g/mol. The molecule has 0 unspecified atom stereocenters. The van der Waals surface area contributed by atoms with Gasteiger partial charge in [0, 0.05) is 42.8 Å². The molecular weight excluding hydrogens is 440 g/mol. The van der Waals surface area contributed by atoms with Crippen LogP contribution in [0.2, 0.25) is 25.7 Å². The van der Waals surface area contributed by atoms with E-state index >= 15 is 4.39 Å². The molecule has 0 bridgehead atoms. The summed E-state index contributed by atoms with van der Waals surface area (Å²) in [6.45, 7) is 12.5. The van der Waals surface area contributed by atoms with Crippen LogP contribution in [0, 0.1) is 17.0 Å². The van der Waals surface area contributed by atoms with Gasteiger partial charge >= 0.3 is 0 Å². The van der Waals surface area contributed by atoms with Gasteiger partial charge in [-0.3, -0.25) is 0 Å². The van der Waals surface area contributed by atoms with Crippen LogP contribution in [0.15, 0.2) is 35.9 Å². The van der Waals surface area contributed by atoms with Crippen LogP contribution in [0.5, 0.6) is 0 Å². The van der Waals surface area contributed by atoms with Gasteiger partial charge in [0.2, 0.25) is 0 Å². The molecule has 172 valence electrons. The molecule has 0 fully saturated rings. The van der Waals surface area contributed by atoms with Gasteiger partial charge < -0.3 is 9.30 Å². The van der Waals surface area contributed by atoms with E-state index in [9.17, 15) is 4.39 Å². The number of aromatic nitrogens is 1. The molecule has 0 saturated carbocycles. The summed E-state index contributed by atoms with van der Waals surface area (Å²) >= 11 is 1.64. The third-order valence-electron chi connectivity index (χ3n) is 6.26. The lowest BCUT2D eigenvalue weighted by Gasteiger charge is -2.29. The summed E-state index contributed by atoms with van der Waals surface area (Å²) in [6, 6.07) is 5.85. The Morgan fingerprint density at radius 2 is 1.94 bits per heavy atom. The molecule has 0 saturated heterocycles. The summed E-state index contributed by atoms with van der Waals surface area (Å²) in [5.41, 5.74) is 3.45. The second kappa shape index (κ2) is 8.88. The minimum absolute atomic E-state index is 0.282. The van der Waals surface area contributed by atoms with Gasteiger partial charge in [0.1, 0.15) is 18.4 Å². The lowest BCUT2D eigenvalue weighted by Crippen LogP contribution is -2.22. The van der Waals surface area contributed by atoms with Crippen LogP contribution in [0.25, 0.3) is 27.6 Å². The zero-order chi connectivity index (χ0) is 23.1. The highest BCUT2D eigenvalue weighted by molar-refractivity contribution is 7.11. The first-order valence-corrected chi connectivity index (χ1v) is 16.0. The largest absolute Gasteiger partial charge is 0.361 e. The zero-order valence-electron chi connectivity index (χ0n) is 19.7. The van der Waals surface area contributed by atoms with Crippen molar-refractivity contribution < 1.29 is 13.5 Å². The molecule has 3 aromatic rings. The Hall–Kier alpha value is -1.76. The quantitative estimate of drug-likeness (QED) is 0.248. The molecular formula is C26H33F2NOSSi. The molecule has 32 heavy (non-hydrogen) atoms. The second-order valence-corrected chi connectivity index (χ2v) is 17.5. The molecule has 1 aliphatic carbocycles. The zero-order valence-corrected chi connectivity index (χ0v) is 21.5. The van der Waals surface area contributed by atoms with E-state index in [2.05, 4.69) is 45.6 Å². The molecule has 0 aliphatic heterocycles. The molecule has 2 heterocycles. The average Bonchev–Trinajstić information content (AvgIpc) is 3.32. The summed E-state index contributed by atoms with van der Waals surface area (Å²) in [6.07, 6.45) is 7.39. The van der Waals surface area contributed by atoms with Crippen molar-refractivity contribution in [3.05, 3.63) is 52.4 Å². The number of benzene rings is 1. The van der Waals surface area contributed by atoms with Gasteiger partial charge in [0.15, 0.2) is 0 Å². The number of hydrogen-bond acceptors (Lipinski definition) is 2. The molecule has 0 radical (unpaired) electrons. The van der Waals surface area contributed by atoms with Crippen molar-refractivity contribution >= 4 is 35.9 Å². The highest BCUT2D eigenvalue weighted by Crippen LogP contribution is 2.43. The number of rotatable bonds is 7. The lowest BCUT2D eigenvalue weighted by molar-refractivity contribution is 0.0902. The number of thiophene rings is 1. The van der Waals surface area contributed by atoms with Crippen molar-refractivity contribution in [2.45, 2.75) is 65.5 Å². The molecule has 1 aliphatic rings. The fraction of sp³-hybridized carbons (Fsp3) is 0.462. The van der Waals surface area contributed by atoms with Gasteiger partial charge in [-0.25, -0.2) is 8.78 Å². The van der Waals surface area contributed by atoms with Crippen molar-refractivity contribution in [3.63, 3.8) is 0 Å². The Balaban J connectivity index is 1.68. The third-order valence-corrected chi connectivity index (χ3v) is 8.97. The maximum atomic E-state index is 15.1. The Morgan fingerprint density at radius 3 is 2.66 bits per heavy atom. The van der Waals surface area contributed by atoms with Crippen molar-refractivity contribution in [2.75, 3.05) is 6.61 Å². The van der Waals surface area contributed by atoms with Gasteiger partial charge in [-0.05, 0) is 59.4 Å². The van der Waals surface area contributed by atoms with Crippen LogP contribution in [-0.4, -0.2) is 19.2 Å². The fourth-order valence-electron chi connectivity index (χ4n) is 4.38. The third kappa shape index (κ3) is 5.08. The summed E-state index contributed by atoms with van der Waals surface area (Å²) < 4.78 is 37.5. The predicted octanol–water partition coefficient (Wildman–Crippen LogP) is 8.55. The van der Waals surface area contributed by atoms with Crippen LogP contribution < -0.4 is 0 Å². The van der Waals surface area contributed by atoms with Crippen molar-refractivity contribution in [2.24, 2.45) is 5.41 Å². The molecule has 2 nitrogen and oxygen atoms in total. The number of nitrogens with zero attached hydrogens (tertiary/aromatic N) is 1. The highest BCUT2D eigenvalue weighted by atomic mass is 32.1.